The summed E-state index contributed by atoms with van der Waals surface area (Å²) in [5.41, 5.74) is 3.34. The summed E-state index contributed by atoms with van der Waals surface area (Å²) in [5, 5.41) is 17.6. The highest BCUT2D eigenvalue weighted by atomic mass is 35.5. The predicted octanol–water partition coefficient (Wildman–Crippen LogP) is 3.37. The Kier molecular flexibility index (Phi) is 7.09. The molecule has 4 rings (SSSR count). The van der Waals surface area contributed by atoms with E-state index in [0.29, 0.717) is 23.9 Å². The molecule has 0 aliphatic carbocycles. The monoisotopic (exact) mass is 454 g/mol. The van der Waals surface area contributed by atoms with Crippen LogP contribution < -0.4 is 10.1 Å². The van der Waals surface area contributed by atoms with Crippen LogP contribution in [0.2, 0.25) is 5.02 Å². The normalized spacial score (nSPS) is 16.3. The molecule has 1 aromatic heterocycles. The lowest BCUT2D eigenvalue weighted by Crippen LogP contribution is -2.27. The number of aromatic nitrogens is 2. The molecule has 1 fully saturated rings. The number of hydrogen-bond acceptors (Lipinski definition) is 5. The quantitative estimate of drug-likeness (QED) is 0.545. The van der Waals surface area contributed by atoms with Crippen molar-refractivity contribution in [3.05, 3.63) is 65.3 Å². The zero-order valence-corrected chi connectivity index (χ0v) is 18.8. The van der Waals surface area contributed by atoms with Gasteiger partial charge in [-0.2, -0.15) is 5.10 Å². The van der Waals surface area contributed by atoms with Crippen molar-refractivity contribution in [1.29, 1.82) is 0 Å². The molecule has 168 valence electrons. The van der Waals surface area contributed by atoms with E-state index in [1.807, 2.05) is 43.4 Å². The lowest BCUT2D eigenvalue weighted by molar-refractivity contribution is -0.115. The summed E-state index contributed by atoms with van der Waals surface area (Å²) in [7, 11) is 1.87. The van der Waals surface area contributed by atoms with Gasteiger partial charge in [0, 0.05) is 49.2 Å². The van der Waals surface area contributed by atoms with Crippen LogP contribution in [-0.4, -0.2) is 58.0 Å². The lowest BCUT2D eigenvalue weighted by Gasteiger charge is -2.17. The number of nitrogens with one attached hydrogen (secondary N) is 1. The number of halogens is 1. The number of rotatable bonds is 8. The van der Waals surface area contributed by atoms with Gasteiger partial charge in [-0.25, -0.2) is 0 Å². The first-order chi connectivity index (χ1) is 15.5. The van der Waals surface area contributed by atoms with E-state index in [0.717, 1.165) is 42.1 Å². The van der Waals surface area contributed by atoms with E-state index in [-0.39, 0.29) is 18.4 Å². The molecule has 2 aromatic carbocycles. The van der Waals surface area contributed by atoms with E-state index in [4.69, 9.17) is 16.3 Å². The summed E-state index contributed by atoms with van der Waals surface area (Å²) in [6.07, 6.45) is 2.56. The Morgan fingerprint density at radius 3 is 2.75 bits per heavy atom. The van der Waals surface area contributed by atoms with Crippen LogP contribution in [0.25, 0.3) is 11.3 Å². The van der Waals surface area contributed by atoms with Gasteiger partial charge in [-0.05, 0) is 48.4 Å². The highest BCUT2D eigenvalue weighted by Gasteiger charge is 2.20. The Bertz CT molecular complexity index is 1070. The Morgan fingerprint density at radius 2 is 2.06 bits per heavy atom. The number of nitrogens with zero attached hydrogens (tertiary/aromatic N) is 3. The van der Waals surface area contributed by atoms with E-state index >= 15 is 0 Å². The summed E-state index contributed by atoms with van der Waals surface area (Å²) in [5.74, 6) is 0.619. The fraction of sp³-hybridized carbons (Fsp3) is 0.333. The summed E-state index contributed by atoms with van der Waals surface area (Å²) in [6.45, 7) is 2.84. The van der Waals surface area contributed by atoms with Gasteiger partial charge in [0.1, 0.15) is 12.4 Å². The second-order valence-corrected chi connectivity index (χ2v) is 8.43. The Morgan fingerprint density at radius 1 is 1.25 bits per heavy atom. The highest BCUT2D eigenvalue weighted by molar-refractivity contribution is 6.30. The first kappa shape index (κ1) is 22.3. The van der Waals surface area contributed by atoms with Crippen molar-refractivity contribution in [3.8, 4) is 17.0 Å². The van der Waals surface area contributed by atoms with Crippen LogP contribution in [0.4, 0.5) is 5.69 Å². The molecular formula is C24H27ClN4O3. The maximum absolute atomic E-state index is 12.5. The average molecular weight is 455 g/mol. The summed E-state index contributed by atoms with van der Waals surface area (Å²) in [4.78, 5) is 14.7. The van der Waals surface area contributed by atoms with E-state index in [1.165, 1.54) is 0 Å². The number of ether oxygens (including phenoxy) is 1. The number of anilines is 1. The van der Waals surface area contributed by atoms with Crippen molar-refractivity contribution >= 4 is 23.2 Å². The molecule has 1 amide bonds. The molecule has 0 radical (unpaired) electrons. The molecule has 0 spiro atoms. The van der Waals surface area contributed by atoms with Crippen molar-refractivity contribution in [2.45, 2.75) is 18.9 Å². The number of likely N-dealkylation sites (tertiary alicyclic amines) is 1. The van der Waals surface area contributed by atoms with E-state index in [9.17, 15) is 9.90 Å². The first-order valence-corrected chi connectivity index (χ1v) is 11.1. The van der Waals surface area contributed by atoms with Gasteiger partial charge in [-0.3, -0.25) is 14.4 Å². The van der Waals surface area contributed by atoms with E-state index in [2.05, 4.69) is 15.3 Å². The molecule has 2 N–H and O–H groups in total. The molecule has 1 atom stereocenters. The third-order valence-electron chi connectivity index (χ3n) is 5.55. The molecule has 1 aliphatic heterocycles. The number of aryl methyl sites for hydroxylation is 1. The van der Waals surface area contributed by atoms with Crippen LogP contribution in [0.3, 0.4) is 0 Å². The number of carbonyl (C=O) groups is 1. The van der Waals surface area contributed by atoms with Crippen molar-refractivity contribution in [3.63, 3.8) is 0 Å². The van der Waals surface area contributed by atoms with Crippen LogP contribution in [0.5, 0.6) is 5.75 Å². The van der Waals surface area contributed by atoms with Gasteiger partial charge >= 0.3 is 0 Å². The molecule has 0 saturated carbocycles. The molecule has 1 saturated heterocycles. The highest BCUT2D eigenvalue weighted by Crippen LogP contribution is 2.32. The molecule has 32 heavy (non-hydrogen) atoms. The molecular weight excluding hydrogens is 428 g/mol. The zero-order valence-electron chi connectivity index (χ0n) is 18.0. The number of carbonyl (C=O) groups excluding carboxylic acids is 1. The molecule has 8 heteroatoms. The number of hydrogen-bond donors (Lipinski definition) is 2. The van der Waals surface area contributed by atoms with Gasteiger partial charge in [0.25, 0.3) is 0 Å². The fourth-order valence-electron chi connectivity index (χ4n) is 3.86. The smallest absolute Gasteiger partial charge is 0.228 e. The number of aliphatic hydroxyl groups excluding tert-OH is 1. The average Bonchev–Trinajstić information content (AvgIpc) is 3.38. The van der Waals surface area contributed by atoms with Crippen molar-refractivity contribution in [2.24, 2.45) is 7.05 Å². The van der Waals surface area contributed by atoms with Crippen LogP contribution >= 0.6 is 11.6 Å². The SMILES string of the molecule is Cn1nccc1-c1cc(NC(=O)Cc2ccc(Cl)cc2)ccc1OCCN1CCC(O)C1. The van der Waals surface area contributed by atoms with Gasteiger partial charge in [-0.1, -0.05) is 23.7 Å². The van der Waals surface area contributed by atoms with E-state index in [1.54, 1.807) is 23.0 Å². The van der Waals surface area contributed by atoms with Crippen LogP contribution in [0.15, 0.2) is 54.7 Å². The topological polar surface area (TPSA) is 79.6 Å². The predicted molar refractivity (Wildman–Crippen MR) is 125 cm³/mol. The molecule has 1 unspecified atom stereocenters. The fourth-order valence-corrected chi connectivity index (χ4v) is 3.99. The Labute approximate surface area is 192 Å². The van der Waals surface area contributed by atoms with Gasteiger partial charge < -0.3 is 15.2 Å². The maximum atomic E-state index is 12.5. The second kappa shape index (κ2) is 10.2. The number of amides is 1. The molecule has 2 heterocycles. The molecule has 3 aromatic rings. The lowest BCUT2D eigenvalue weighted by atomic mass is 10.1. The second-order valence-electron chi connectivity index (χ2n) is 7.99. The first-order valence-electron chi connectivity index (χ1n) is 10.7. The standard InChI is InChI=1S/C24H27ClN4O3/c1-28-22(8-10-26-28)21-15-19(27-24(31)14-17-2-4-18(25)5-3-17)6-7-23(21)32-13-12-29-11-9-20(30)16-29/h2-8,10,15,20,30H,9,11-14,16H2,1H3,(H,27,31). The van der Waals surface area contributed by atoms with Gasteiger partial charge in [0.15, 0.2) is 0 Å². The Balaban J connectivity index is 1.46. The summed E-state index contributed by atoms with van der Waals surface area (Å²) in [6, 6.07) is 14.8. The third kappa shape index (κ3) is 5.68. The molecule has 0 bridgehead atoms. The molecule has 1 aliphatic rings. The zero-order chi connectivity index (χ0) is 22.5. The van der Waals surface area contributed by atoms with Crippen LogP contribution in [0, 0.1) is 0 Å². The van der Waals surface area contributed by atoms with Crippen LogP contribution in [0.1, 0.15) is 12.0 Å². The summed E-state index contributed by atoms with van der Waals surface area (Å²) < 4.78 is 7.87. The molecule has 7 nitrogen and oxygen atoms in total. The number of benzene rings is 2. The third-order valence-corrected chi connectivity index (χ3v) is 5.80. The minimum Gasteiger partial charge on any atom is -0.492 e. The van der Waals surface area contributed by atoms with E-state index < -0.39 is 0 Å². The van der Waals surface area contributed by atoms with Crippen molar-refractivity contribution < 1.29 is 14.6 Å². The number of β-amino-alcohol motifs (C(OH)–C–C–N with tert-alkyl or cyclic N) is 1. The van der Waals surface area contributed by atoms with Gasteiger partial charge in [-0.15, -0.1) is 0 Å². The summed E-state index contributed by atoms with van der Waals surface area (Å²) >= 11 is 5.92. The Hall–Kier alpha value is -2.87. The van der Waals surface area contributed by atoms with Gasteiger partial charge in [0.05, 0.1) is 18.2 Å². The van der Waals surface area contributed by atoms with Crippen molar-refractivity contribution in [2.75, 3.05) is 31.6 Å². The van der Waals surface area contributed by atoms with Gasteiger partial charge in [0.2, 0.25) is 5.91 Å². The minimum atomic E-state index is -0.240. The van der Waals surface area contributed by atoms with Crippen molar-refractivity contribution in [1.82, 2.24) is 14.7 Å². The number of aliphatic hydroxyl groups is 1. The minimum absolute atomic E-state index is 0.107. The largest absolute Gasteiger partial charge is 0.492 e. The maximum Gasteiger partial charge on any atom is 0.228 e. The van der Waals surface area contributed by atoms with Crippen LogP contribution in [-0.2, 0) is 18.3 Å².